The van der Waals surface area contributed by atoms with Crippen LogP contribution < -0.4 is 4.57 Å². The Labute approximate surface area is 129 Å². The second-order valence-electron chi connectivity index (χ2n) is 5.78. The highest BCUT2D eigenvalue weighted by Gasteiger charge is 2.12. The smallest absolute Gasteiger partial charge is 0.314 e. The molecule has 0 spiro atoms. The second kappa shape index (κ2) is 11.3. The summed E-state index contributed by atoms with van der Waals surface area (Å²) in [5.41, 5.74) is 0.893. The number of hydrogen-bond donors (Lipinski definition) is 1. The van der Waals surface area contributed by atoms with Crippen molar-refractivity contribution >= 4 is 5.97 Å². The standard InChI is InChI=1S/C18H29NO2/c1-2-3-4-5-6-7-8-9-11-14-19-15-12-10-13-17(19)16-18(20)21/h10,12-13,15H,2-9,11,14,16H2,1H3/p+1. The summed E-state index contributed by atoms with van der Waals surface area (Å²) in [5.74, 6) is -0.762. The van der Waals surface area contributed by atoms with Gasteiger partial charge in [-0.25, -0.2) is 4.57 Å². The monoisotopic (exact) mass is 292 g/mol. The van der Waals surface area contributed by atoms with Crippen molar-refractivity contribution < 1.29 is 14.5 Å². The molecule has 0 saturated heterocycles. The fourth-order valence-corrected chi connectivity index (χ4v) is 2.64. The van der Waals surface area contributed by atoms with Crippen molar-refractivity contribution in [1.82, 2.24) is 0 Å². The lowest BCUT2D eigenvalue weighted by Gasteiger charge is -2.03. The lowest BCUT2D eigenvalue weighted by molar-refractivity contribution is -0.704. The average molecular weight is 292 g/mol. The number of carboxylic acids is 1. The van der Waals surface area contributed by atoms with Crippen LogP contribution in [0.2, 0.25) is 0 Å². The van der Waals surface area contributed by atoms with Gasteiger partial charge in [0.1, 0.15) is 13.0 Å². The first-order valence-electron chi connectivity index (χ1n) is 8.43. The van der Waals surface area contributed by atoms with E-state index in [1.807, 2.05) is 24.4 Å². The van der Waals surface area contributed by atoms with Crippen LogP contribution in [0.4, 0.5) is 0 Å². The van der Waals surface area contributed by atoms with Crippen molar-refractivity contribution in [2.45, 2.75) is 77.7 Å². The SMILES string of the molecule is CCCCCCCCCCC[n+]1ccccc1CC(=O)O. The minimum atomic E-state index is -0.762. The first kappa shape index (κ1) is 17.7. The van der Waals surface area contributed by atoms with Gasteiger partial charge in [0.25, 0.3) is 0 Å². The van der Waals surface area contributed by atoms with Gasteiger partial charge in [-0.1, -0.05) is 57.9 Å². The largest absolute Gasteiger partial charge is 0.481 e. The van der Waals surface area contributed by atoms with Crippen LogP contribution in [0.3, 0.4) is 0 Å². The zero-order valence-electron chi connectivity index (χ0n) is 13.4. The molecule has 0 aliphatic rings. The molecule has 118 valence electrons. The number of pyridine rings is 1. The van der Waals surface area contributed by atoms with Crippen molar-refractivity contribution in [2.24, 2.45) is 0 Å². The zero-order valence-corrected chi connectivity index (χ0v) is 13.4. The fourth-order valence-electron chi connectivity index (χ4n) is 2.64. The molecular weight excluding hydrogens is 262 g/mol. The molecule has 1 aromatic rings. The van der Waals surface area contributed by atoms with Crippen LogP contribution in [0.5, 0.6) is 0 Å². The van der Waals surface area contributed by atoms with Gasteiger partial charge >= 0.3 is 5.97 Å². The van der Waals surface area contributed by atoms with Gasteiger partial charge in [0.15, 0.2) is 11.9 Å². The van der Waals surface area contributed by atoms with E-state index < -0.39 is 5.97 Å². The molecular formula is C18H30NO2+. The molecule has 0 amide bonds. The molecule has 0 saturated carbocycles. The van der Waals surface area contributed by atoms with Crippen LogP contribution in [0.25, 0.3) is 0 Å². The maximum absolute atomic E-state index is 10.8. The Morgan fingerprint density at radius 3 is 2.24 bits per heavy atom. The Morgan fingerprint density at radius 1 is 1.00 bits per heavy atom. The Kier molecular flexibility index (Phi) is 9.51. The lowest BCUT2D eigenvalue weighted by Crippen LogP contribution is -2.38. The molecule has 1 aromatic heterocycles. The van der Waals surface area contributed by atoms with Gasteiger partial charge in [0, 0.05) is 18.6 Å². The molecule has 0 aromatic carbocycles. The molecule has 0 bridgehead atoms. The molecule has 1 rings (SSSR count). The quantitative estimate of drug-likeness (QED) is 0.465. The van der Waals surface area contributed by atoms with E-state index in [4.69, 9.17) is 5.11 Å². The van der Waals surface area contributed by atoms with Crippen LogP contribution in [0.1, 0.15) is 70.4 Å². The zero-order chi connectivity index (χ0) is 15.3. The molecule has 0 radical (unpaired) electrons. The number of aliphatic carboxylic acids is 1. The topological polar surface area (TPSA) is 41.2 Å². The van der Waals surface area contributed by atoms with Crippen LogP contribution in [0.15, 0.2) is 24.4 Å². The summed E-state index contributed by atoms with van der Waals surface area (Å²) in [6.07, 6.45) is 13.9. The number of aromatic nitrogens is 1. The van der Waals surface area contributed by atoms with E-state index in [2.05, 4.69) is 11.5 Å². The Balaban J connectivity index is 2.14. The third-order valence-electron chi connectivity index (χ3n) is 3.87. The number of aryl methyl sites for hydroxylation is 1. The fraction of sp³-hybridized carbons (Fsp3) is 0.667. The molecule has 1 N–H and O–H groups in total. The van der Waals surface area contributed by atoms with Crippen molar-refractivity contribution in [3.05, 3.63) is 30.1 Å². The van der Waals surface area contributed by atoms with Gasteiger partial charge in [0.05, 0.1) is 0 Å². The summed E-state index contributed by atoms with van der Waals surface area (Å²) in [7, 11) is 0. The Bertz CT molecular complexity index is 404. The van der Waals surface area contributed by atoms with E-state index in [1.54, 1.807) is 0 Å². The number of carbonyl (C=O) groups is 1. The van der Waals surface area contributed by atoms with E-state index in [1.165, 1.54) is 51.4 Å². The van der Waals surface area contributed by atoms with Gasteiger partial charge in [-0.3, -0.25) is 4.79 Å². The highest BCUT2D eigenvalue weighted by Crippen LogP contribution is 2.09. The van der Waals surface area contributed by atoms with Crippen LogP contribution in [0, 0.1) is 0 Å². The van der Waals surface area contributed by atoms with Crippen LogP contribution in [-0.2, 0) is 17.8 Å². The van der Waals surface area contributed by atoms with Crippen molar-refractivity contribution in [1.29, 1.82) is 0 Å². The van der Waals surface area contributed by atoms with Gasteiger partial charge in [-0.15, -0.1) is 0 Å². The molecule has 0 aliphatic heterocycles. The van der Waals surface area contributed by atoms with E-state index in [-0.39, 0.29) is 6.42 Å². The highest BCUT2D eigenvalue weighted by molar-refractivity contribution is 5.69. The third kappa shape index (κ3) is 8.49. The maximum atomic E-state index is 10.8. The summed E-state index contributed by atoms with van der Waals surface area (Å²) in [5, 5.41) is 8.91. The normalized spacial score (nSPS) is 10.7. The third-order valence-corrected chi connectivity index (χ3v) is 3.87. The van der Waals surface area contributed by atoms with Crippen molar-refractivity contribution in [2.75, 3.05) is 0 Å². The molecule has 0 atom stereocenters. The van der Waals surface area contributed by atoms with Crippen molar-refractivity contribution in [3.63, 3.8) is 0 Å². The van der Waals surface area contributed by atoms with Gasteiger partial charge < -0.3 is 5.11 Å². The minimum Gasteiger partial charge on any atom is -0.481 e. The number of unbranched alkanes of at least 4 members (excludes halogenated alkanes) is 8. The predicted molar refractivity (Wildman–Crippen MR) is 85.2 cm³/mol. The number of nitrogens with zero attached hydrogens (tertiary/aromatic N) is 1. The minimum absolute atomic E-state index is 0.109. The molecule has 21 heavy (non-hydrogen) atoms. The summed E-state index contributed by atoms with van der Waals surface area (Å²) in [4.78, 5) is 10.8. The second-order valence-corrected chi connectivity index (χ2v) is 5.78. The lowest BCUT2D eigenvalue weighted by atomic mass is 10.1. The average Bonchev–Trinajstić information content (AvgIpc) is 2.46. The van der Waals surface area contributed by atoms with Crippen LogP contribution >= 0.6 is 0 Å². The highest BCUT2D eigenvalue weighted by atomic mass is 16.4. The van der Waals surface area contributed by atoms with E-state index in [0.29, 0.717) is 0 Å². The first-order chi connectivity index (χ1) is 10.2. The Hall–Kier alpha value is -1.38. The molecule has 0 unspecified atom stereocenters. The summed E-state index contributed by atoms with van der Waals surface area (Å²) < 4.78 is 2.08. The van der Waals surface area contributed by atoms with Crippen molar-refractivity contribution in [3.8, 4) is 0 Å². The first-order valence-corrected chi connectivity index (χ1v) is 8.43. The predicted octanol–water partition coefficient (Wildman–Crippen LogP) is 4.13. The van der Waals surface area contributed by atoms with Gasteiger partial charge in [-0.05, 0) is 6.42 Å². The van der Waals surface area contributed by atoms with Crippen LogP contribution in [-0.4, -0.2) is 11.1 Å². The van der Waals surface area contributed by atoms with Gasteiger partial charge in [0.2, 0.25) is 0 Å². The van der Waals surface area contributed by atoms with E-state index >= 15 is 0 Å². The summed E-state index contributed by atoms with van der Waals surface area (Å²) in [6, 6.07) is 5.78. The number of rotatable bonds is 12. The summed E-state index contributed by atoms with van der Waals surface area (Å²) >= 11 is 0. The van der Waals surface area contributed by atoms with E-state index in [0.717, 1.165) is 18.7 Å². The van der Waals surface area contributed by atoms with Gasteiger partial charge in [-0.2, -0.15) is 0 Å². The van der Waals surface area contributed by atoms with E-state index in [9.17, 15) is 4.79 Å². The molecule has 0 fully saturated rings. The summed E-state index contributed by atoms with van der Waals surface area (Å²) in [6.45, 7) is 3.18. The molecule has 1 heterocycles. The molecule has 3 heteroatoms. The maximum Gasteiger partial charge on any atom is 0.314 e. The number of hydrogen-bond acceptors (Lipinski definition) is 1. The Morgan fingerprint density at radius 2 is 1.62 bits per heavy atom. The number of carboxylic acid groups (broad SMARTS) is 1. The molecule has 3 nitrogen and oxygen atoms in total. The molecule has 0 aliphatic carbocycles.